The summed E-state index contributed by atoms with van der Waals surface area (Å²) in [6.45, 7) is 7.17. The van der Waals surface area contributed by atoms with E-state index in [0.29, 0.717) is 12.3 Å². The van der Waals surface area contributed by atoms with Crippen LogP contribution in [0.2, 0.25) is 0 Å². The number of nitrogens with two attached hydrogens (primary N) is 1. The minimum Gasteiger partial charge on any atom is -0.330 e. The maximum atomic E-state index is 8.87. The molecule has 3 unspecified atom stereocenters. The fraction of sp³-hybridized carbons (Fsp3) is 0.282. The molecule has 7 rings (SSSR count). The van der Waals surface area contributed by atoms with Crippen LogP contribution in [0.15, 0.2) is 113 Å². The highest BCUT2D eigenvalue weighted by atomic mass is 14.5. The van der Waals surface area contributed by atoms with Crippen LogP contribution in [-0.4, -0.2) is 18.5 Å². The number of hydrogen-bond acceptors (Lipinski definition) is 3. The molecule has 3 aromatic rings. The molecule has 3 aromatic carbocycles. The molecule has 0 amide bonds. The average Bonchev–Trinajstić information content (AvgIpc) is 3.32. The standard InChI is InChI=1S/C39H39N3/c1-3-10-28-24(4-2)26(17-18-40)31-20-32-30-15-9-14-29-25-12-6-5-11-23(25)19-34(38(29)30)33(32)21-35(31)39(28)36(22-41)27-13-7-8-16-37(27)42/h4-7,9,11-15,19-20,22,28,33,39,41-42H,2-3,8,10,16-18,21,40H2,1H3/b36-27+,41-22?,42-37?. The van der Waals surface area contributed by atoms with E-state index in [-0.39, 0.29) is 17.8 Å². The molecule has 0 radical (unpaired) electrons. The molecule has 0 aliphatic heterocycles. The molecule has 4 N–H and O–H groups in total. The van der Waals surface area contributed by atoms with Gasteiger partial charge >= 0.3 is 0 Å². The van der Waals surface area contributed by atoms with Crippen LogP contribution in [0.1, 0.15) is 62.5 Å². The van der Waals surface area contributed by atoms with Crippen LogP contribution in [0.5, 0.6) is 0 Å². The van der Waals surface area contributed by atoms with Crippen molar-refractivity contribution in [2.45, 2.75) is 51.4 Å². The SMILES string of the molecule is C=CC1=C(CCN)C2=C(CC3C(=C2)c2cccc4c2c3cc2ccccc24)C(/C(C=N)=C2\C=CCCC2=N)C1CCC. The summed E-state index contributed by atoms with van der Waals surface area (Å²) in [5.74, 6) is 0.540. The lowest BCUT2D eigenvalue weighted by atomic mass is 9.61. The zero-order chi connectivity index (χ0) is 29.0. The van der Waals surface area contributed by atoms with Gasteiger partial charge in [-0.05, 0) is 111 Å². The van der Waals surface area contributed by atoms with Crippen molar-refractivity contribution in [1.29, 1.82) is 10.8 Å². The van der Waals surface area contributed by atoms with Crippen LogP contribution in [0, 0.1) is 22.7 Å². The van der Waals surface area contributed by atoms with E-state index in [4.69, 9.17) is 16.6 Å². The lowest BCUT2D eigenvalue weighted by molar-refractivity contribution is 0.435. The summed E-state index contributed by atoms with van der Waals surface area (Å²) in [7, 11) is 0. The van der Waals surface area contributed by atoms with Gasteiger partial charge in [0.2, 0.25) is 0 Å². The van der Waals surface area contributed by atoms with E-state index in [9.17, 15) is 0 Å². The Morgan fingerprint density at radius 3 is 2.71 bits per heavy atom. The van der Waals surface area contributed by atoms with Crippen molar-refractivity contribution in [3.63, 3.8) is 0 Å². The van der Waals surface area contributed by atoms with Gasteiger partial charge in [0.05, 0.1) is 0 Å². The molecule has 0 aromatic heterocycles. The number of fused-ring (bicyclic) bond motifs is 5. The van der Waals surface area contributed by atoms with Crippen LogP contribution in [0.4, 0.5) is 0 Å². The van der Waals surface area contributed by atoms with Crippen molar-refractivity contribution in [3.05, 3.63) is 124 Å². The molecular formula is C39H39N3. The monoisotopic (exact) mass is 549 g/mol. The van der Waals surface area contributed by atoms with Gasteiger partial charge in [0, 0.05) is 29.3 Å². The molecule has 3 heteroatoms. The molecule has 42 heavy (non-hydrogen) atoms. The molecular weight excluding hydrogens is 510 g/mol. The van der Waals surface area contributed by atoms with Crippen LogP contribution >= 0.6 is 0 Å². The summed E-state index contributed by atoms with van der Waals surface area (Å²) >= 11 is 0. The van der Waals surface area contributed by atoms with Crippen molar-refractivity contribution in [1.82, 2.24) is 0 Å². The highest BCUT2D eigenvalue weighted by Gasteiger charge is 2.43. The quantitative estimate of drug-likeness (QED) is 0.199. The Bertz CT molecular complexity index is 1840. The van der Waals surface area contributed by atoms with Crippen molar-refractivity contribution in [2.75, 3.05) is 6.54 Å². The molecule has 210 valence electrons. The van der Waals surface area contributed by atoms with Gasteiger partial charge in [-0.25, -0.2) is 0 Å². The maximum Gasteiger partial charge on any atom is 0.0392 e. The fourth-order valence-electron chi connectivity index (χ4n) is 8.42. The molecule has 0 bridgehead atoms. The van der Waals surface area contributed by atoms with Crippen LogP contribution in [-0.2, 0) is 0 Å². The van der Waals surface area contributed by atoms with Crippen LogP contribution in [0.25, 0.3) is 27.1 Å². The summed E-state index contributed by atoms with van der Waals surface area (Å²) < 4.78 is 0. The van der Waals surface area contributed by atoms with Gasteiger partial charge < -0.3 is 16.6 Å². The van der Waals surface area contributed by atoms with Gasteiger partial charge in [-0.15, -0.1) is 0 Å². The average molecular weight is 550 g/mol. The lowest BCUT2D eigenvalue weighted by Crippen LogP contribution is -2.31. The highest BCUT2D eigenvalue weighted by Crippen LogP contribution is 2.58. The first-order chi connectivity index (χ1) is 20.6. The second-order valence-corrected chi connectivity index (χ2v) is 12.2. The minimum absolute atomic E-state index is 0.0440. The summed E-state index contributed by atoms with van der Waals surface area (Å²) in [6.07, 6.45) is 15.8. The minimum atomic E-state index is 0.0440. The topological polar surface area (TPSA) is 73.7 Å². The van der Waals surface area contributed by atoms with E-state index in [1.165, 1.54) is 60.5 Å². The Hall–Kier alpha value is -4.08. The van der Waals surface area contributed by atoms with E-state index in [2.05, 4.69) is 86.3 Å². The number of nitrogens with one attached hydrogen (secondary N) is 2. The largest absolute Gasteiger partial charge is 0.330 e. The van der Waals surface area contributed by atoms with Gasteiger partial charge in [0.1, 0.15) is 0 Å². The van der Waals surface area contributed by atoms with Crippen molar-refractivity contribution < 1.29 is 0 Å². The van der Waals surface area contributed by atoms with Gasteiger partial charge in [0.25, 0.3) is 0 Å². The predicted molar refractivity (Wildman–Crippen MR) is 179 cm³/mol. The molecule has 3 nitrogen and oxygen atoms in total. The normalized spacial score (nSPS) is 24.2. The van der Waals surface area contributed by atoms with Gasteiger partial charge in [-0.2, -0.15) is 0 Å². The summed E-state index contributed by atoms with van der Waals surface area (Å²) in [6, 6.07) is 18.0. The third-order valence-electron chi connectivity index (χ3n) is 10.1. The second kappa shape index (κ2) is 10.6. The molecule has 4 aliphatic rings. The van der Waals surface area contributed by atoms with E-state index in [1.54, 1.807) is 6.21 Å². The summed E-state index contributed by atoms with van der Waals surface area (Å²) in [5, 5.41) is 22.9. The first-order valence-corrected chi connectivity index (χ1v) is 15.5. The maximum absolute atomic E-state index is 8.87. The van der Waals surface area contributed by atoms with Crippen molar-refractivity contribution in [3.8, 4) is 0 Å². The second-order valence-electron chi connectivity index (χ2n) is 12.2. The summed E-state index contributed by atoms with van der Waals surface area (Å²) in [5.41, 5.74) is 18.4. The summed E-state index contributed by atoms with van der Waals surface area (Å²) in [4.78, 5) is 0. The smallest absolute Gasteiger partial charge is 0.0392 e. The number of allylic oxidation sites excluding steroid dienone is 10. The van der Waals surface area contributed by atoms with Gasteiger partial charge in [-0.1, -0.05) is 92.3 Å². The Balaban J connectivity index is 1.51. The molecule has 0 saturated heterocycles. The Morgan fingerprint density at radius 2 is 1.95 bits per heavy atom. The van der Waals surface area contributed by atoms with Crippen LogP contribution < -0.4 is 5.73 Å². The molecule has 0 fully saturated rings. The van der Waals surface area contributed by atoms with Crippen molar-refractivity contribution >= 4 is 39.0 Å². The van der Waals surface area contributed by atoms with Crippen LogP contribution in [0.3, 0.4) is 0 Å². The zero-order valence-electron chi connectivity index (χ0n) is 24.5. The Morgan fingerprint density at radius 1 is 1.12 bits per heavy atom. The first-order valence-electron chi connectivity index (χ1n) is 15.5. The van der Waals surface area contributed by atoms with Gasteiger partial charge in [-0.3, -0.25) is 0 Å². The third kappa shape index (κ3) is 3.90. The molecule has 3 atom stereocenters. The van der Waals surface area contributed by atoms with E-state index >= 15 is 0 Å². The lowest BCUT2D eigenvalue weighted by Gasteiger charge is -2.42. The molecule has 0 heterocycles. The van der Waals surface area contributed by atoms with E-state index in [0.717, 1.165) is 49.7 Å². The molecule has 4 aliphatic carbocycles. The van der Waals surface area contributed by atoms with E-state index < -0.39 is 0 Å². The highest BCUT2D eigenvalue weighted by molar-refractivity contribution is 6.16. The zero-order valence-corrected chi connectivity index (χ0v) is 24.5. The molecule has 0 saturated carbocycles. The number of rotatable bonds is 7. The Kier molecular flexibility index (Phi) is 6.79. The van der Waals surface area contributed by atoms with Crippen molar-refractivity contribution in [2.24, 2.45) is 17.6 Å². The molecule has 0 spiro atoms. The number of hydrogen-bond donors (Lipinski definition) is 3. The van der Waals surface area contributed by atoms with E-state index in [1.807, 2.05) is 0 Å². The number of benzene rings is 3. The Labute approximate surface area is 248 Å². The third-order valence-corrected chi connectivity index (χ3v) is 10.1. The first kappa shape index (κ1) is 26.8. The predicted octanol–water partition coefficient (Wildman–Crippen LogP) is 9.37. The fourth-order valence-corrected chi connectivity index (χ4v) is 8.42. The van der Waals surface area contributed by atoms with Gasteiger partial charge in [0.15, 0.2) is 0 Å².